The molecule has 1 amide bonds. The van der Waals surface area contributed by atoms with Crippen LogP contribution in [0.25, 0.3) is 16.6 Å². The maximum absolute atomic E-state index is 14.2. The summed E-state index contributed by atoms with van der Waals surface area (Å²) in [6.45, 7) is 12.9. The number of pyridine rings is 1. The molecule has 0 fully saturated rings. The fourth-order valence-electron chi connectivity index (χ4n) is 6.28. The van der Waals surface area contributed by atoms with Gasteiger partial charge in [0.2, 0.25) is 5.43 Å². The predicted molar refractivity (Wildman–Crippen MR) is 193 cm³/mol. The number of aromatic nitrogens is 1. The van der Waals surface area contributed by atoms with E-state index in [4.69, 9.17) is 14.2 Å². The number of carbonyl (C=O) groups excluding carboxylic acids is 1. The van der Waals surface area contributed by atoms with E-state index in [9.17, 15) is 18.4 Å². The Morgan fingerprint density at radius 2 is 1.35 bits per heavy atom. The van der Waals surface area contributed by atoms with E-state index in [0.29, 0.717) is 35.1 Å². The summed E-state index contributed by atoms with van der Waals surface area (Å²) in [5, 5.41) is 0.250. The van der Waals surface area contributed by atoms with E-state index < -0.39 is 23.0 Å². The molecular formula is C40H44ClF2N3O5. The second-order valence-corrected chi connectivity index (χ2v) is 12.2. The molecular weight excluding hydrogens is 676 g/mol. The number of hydrogen-bond donors (Lipinski definition) is 0. The van der Waals surface area contributed by atoms with Crippen LogP contribution in [0, 0.1) is 11.6 Å². The number of halogens is 3. The van der Waals surface area contributed by atoms with Crippen molar-refractivity contribution in [2.24, 2.45) is 0 Å². The van der Waals surface area contributed by atoms with Crippen LogP contribution in [-0.4, -0.2) is 55.4 Å². The van der Waals surface area contributed by atoms with Crippen molar-refractivity contribution in [3.8, 4) is 22.9 Å². The molecule has 270 valence electrons. The van der Waals surface area contributed by atoms with E-state index in [1.165, 1.54) is 30.9 Å². The van der Waals surface area contributed by atoms with Crippen molar-refractivity contribution in [1.82, 2.24) is 4.57 Å². The Kier molecular flexibility index (Phi) is 12.8. The van der Waals surface area contributed by atoms with Gasteiger partial charge in [-0.15, -0.1) is 0 Å². The zero-order valence-corrected chi connectivity index (χ0v) is 30.6. The highest BCUT2D eigenvalue weighted by Gasteiger charge is 2.24. The number of ether oxygens (including phenoxy) is 3. The molecule has 0 aliphatic rings. The third-order valence-electron chi connectivity index (χ3n) is 9.50. The first-order valence-electron chi connectivity index (χ1n) is 16.8. The van der Waals surface area contributed by atoms with Crippen LogP contribution in [0.15, 0.2) is 89.9 Å². The number of benzene rings is 4. The summed E-state index contributed by atoms with van der Waals surface area (Å²) in [5.74, 6) is -0.862. The van der Waals surface area contributed by atoms with Gasteiger partial charge in [0.05, 0.1) is 45.1 Å². The molecule has 0 radical (unpaired) electrons. The highest BCUT2D eigenvalue weighted by atomic mass is 35.5. The van der Waals surface area contributed by atoms with Crippen molar-refractivity contribution >= 4 is 22.5 Å². The number of rotatable bonds is 14. The van der Waals surface area contributed by atoms with E-state index in [0.717, 1.165) is 54.4 Å². The molecule has 0 saturated carbocycles. The lowest BCUT2D eigenvalue weighted by Gasteiger charge is -2.35. The lowest BCUT2D eigenvalue weighted by molar-refractivity contribution is -0.936. The van der Waals surface area contributed by atoms with Crippen molar-refractivity contribution < 1.29 is 44.7 Å². The lowest BCUT2D eigenvalue weighted by atomic mass is 10.1. The first-order valence-corrected chi connectivity index (χ1v) is 16.8. The standard InChI is InChI=1S/C40H44F2N3O5.ClH/c1-7-43(31-18-29(41)17-30(42)19-31)40(47)37-24-44(32-20-34(48-5)22-35(21-32)49-6)38-23-33(15-16-36(38)39(37)46)50-26-28-13-11-27(12-14-28)25-45(8-2,9-3)10-4;/h11-24H,7-10,25-26H2,1-6H3;1H/q+1;/p-1. The summed E-state index contributed by atoms with van der Waals surface area (Å²) in [4.78, 5) is 29.1. The highest BCUT2D eigenvalue weighted by molar-refractivity contribution is 6.07. The van der Waals surface area contributed by atoms with E-state index >= 15 is 0 Å². The largest absolute Gasteiger partial charge is 1.00 e. The number of nitrogens with zero attached hydrogens (tertiary/aromatic N) is 3. The van der Waals surface area contributed by atoms with Gasteiger partial charge in [0.25, 0.3) is 5.91 Å². The number of amides is 1. The summed E-state index contributed by atoms with van der Waals surface area (Å²) >= 11 is 0. The minimum atomic E-state index is -0.833. The average Bonchev–Trinajstić information content (AvgIpc) is 3.13. The molecule has 0 unspecified atom stereocenters. The molecule has 11 heteroatoms. The van der Waals surface area contributed by atoms with Gasteiger partial charge in [-0.1, -0.05) is 24.3 Å². The van der Waals surface area contributed by atoms with Gasteiger partial charge in [-0.05, 0) is 57.5 Å². The normalized spacial score (nSPS) is 11.2. The maximum Gasteiger partial charge on any atom is 0.263 e. The van der Waals surface area contributed by atoms with Crippen molar-refractivity contribution in [1.29, 1.82) is 0 Å². The predicted octanol–water partition coefficient (Wildman–Crippen LogP) is 4.91. The van der Waals surface area contributed by atoms with Crippen LogP contribution >= 0.6 is 0 Å². The minimum Gasteiger partial charge on any atom is -1.00 e. The first-order chi connectivity index (χ1) is 24.1. The van der Waals surface area contributed by atoms with E-state index in [1.807, 2.05) is 0 Å². The van der Waals surface area contributed by atoms with Gasteiger partial charge in [0.15, 0.2) is 0 Å². The molecule has 0 saturated heterocycles. The molecule has 0 bridgehead atoms. The average molecular weight is 720 g/mol. The van der Waals surface area contributed by atoms with Crippen molar-refractivity contribution in [3.05, 3.63) is 124 Å². The van der Waals surface area contributed by atoms with E-state index in [1.54, 1.807) is 47.9 Å². The molecule has 0 spiro atoms. The Labute approximate surface area is 303 Å². The quantitative estimate of drug-likeness (QED) is 0.153. The molecule has 0 N–H and O–H groups in total. The lowest BCUT2D eigenvalue weighted by Crippen LogP contribution is -3.00. The Morgan fingerprint density at radius 1 is 0.765 bits per heavy atom. The fourth-order valence-corrected chi connectivity index (χ4v) is 6.28. The first kappa shape index (κ1) is 38.9. The zero-order valence-electron chi connectivity index (χ0n) is 29.8. The third kappa shape index (κ3) is 8.52. The molecule has 5 rings (SSSR count). The molecule has 5 aromatic rings. The Bertz CT molecular complexity index is 2000. The minimum absolute atomic E-state index is 0. The summed E-state index contributed by atoms with van der Waals surface area (Å²) < 4.78 is 48.3. The van der Waals surface area contributed by atoms with Crippen LogP contribution in [0.5, 0.6) is 17.2 Å². The molecule has 51 heavy (non-hydrogen) atoms. The molecule has 1 heterocycles. The number of methoxy groups -OCH3 is 2. The van der Waals surface area contributed by atoms with Crippen LogP contribution in [0.1, 0.15) is 49.2 Å². The summed E-state index contributed by atoms with van der Waals surface area (Å²) in [7, 11) is 3.05. The van der Waals surface area contributed by atoms with E-state index in [2.05, 4.69) is 45.0 Å². The maximum atomic E-state index is 14.2. The molecule has 1 aromatic heterocycles. The summed E-state index contributed by atoms with van der Waals surface area (Å²) in [6, 6.07) is 21.6. The van der Waals surface area contributed by atoms with Crippen LogP contribution in [-0.2, 0) is 13.2 Å². The van der Waals surface area contributed by atoms with Gasteiger partial charge in [0.1, 0.15) is 47.6 Å². The van der Waals surface area contributed by atoms with Gasteiger partial charge in [0, 0.05) is 59.7 Å². The zero-order chi connectivity index (χ0) is 36.0. The molecule has 0 aliphatic carbocycles. The molecule has 0 atom stereocenters. The number of anilines is 1. The fraction of sp³-hybridized carbons (Fsp3) is 0.300. The second kappa shape index (κ2) is 16.9. The SMILES string of the molecule is CCN(C(=O)c1cn(-c2cc(OC)cc(OC)c2)c2cc(OCc3ccc(C[N+](CC)(CC)CC)cc3)ccc2c1=O)c1cc(F)cc(F)c1.[Cl-]. The van der Waals surface area contributed by atoms with Crippen LogP contribution in [0.3, 0.4) is 0 Å². The number of hydrogen-bond acceptors (Lipinski definition) is 5. The number of quaternary nitrogens is 1. The highest BCUT2D eigenvalue weighted by Crippen LogP contribution is 2.30. The van der Waals surface area contributed by atoms with Gasteiger partial charge < -0.3 is 40.6 Å². The smallest absolute Gasteiger partial charge is 0.263 e. The van der Waals surface area contributed by atoms with Crippen LogP contribution in [0.4, 0.5) is 14.5 Å². The summed E-state index contributed by atoms with van der Waals surface area (Å²) in [6.07, 6.45) is 1.43. The van der Waals surface area contributed by atoms with Crippen LogP contribution < -0.4 is 36.9 Å². The van der Waals surface area contributed by atoms with Gasteiger partial charge in [-0.3, -0.25) is 9.59 Å². The monoisotopic (exact) mass is 719 g/mol. The third-order valence-corrected chi connectivity index (χ3v) is 9.50. The van der Waals surface area contributed by atoms with Gasteiger partial charge >= 0.3 is 0 Å². The number of fused-ring (bicyclic) bond motifs is 1. The number of carbonyl (C=O) groups is 1. The van der Waals surface area contributed by atoms with E-state index in [-0.39, 0.29) is 35.6 Å². The Hall–Kier alpha value is -4.93. The Morgan fingerprint density at radius 3 is 1.90 bits per heavy atom. The second-order valence-electron chi connectivity index (χ2n) is 12.2. The van der Waals surface area contributed by atoms with Gasteiger partial charge in [-0.2, -0.15) is 0 Å². The molecule has 0 aliphatic heterocycles. The molecule has 8 nitrogen and oxygen atoms in total. The van der Waals surface area contributed by atoms with Crippen LogP contribution in [0.2, 0.25) is 0 Å². The summed E-state index contributed by atoms with van der Waals surface area (Å²) in [5.41, 5.74) is 2.58. The van der Waals surface area contributed by atoms with Crippen molar-refractivity contribution in [2.45, 2.75) is 40.8 Å². The Balaban J connectivity index is 0.00000583. The molecule has 4 aromatic carbocycles. The topological polar surface area (TPSA) is 70.0 Å². The van der Waals surface area contributed by atoms with Crippen molar-refractivity contribution in [3.63, 3.8) is 0 Å². The van der Waals surface area contributed by atoms with Gasteiger partial charge in [-0.25, -0.2) is 8.78 Å². The van der Waals surface area contributed by atoms with Crippen molar-refractivity contribution in [2.75, 3.05) is 45.3 Å².